The van der Waals surface area contributed by atoms with Crippen LogP contribution in [0.1, 0.15) is 5.56 Å². The Labute approximate surface area is 93.9 Å². The van der Waals surface area contributed by atoms with E-state index in [-0.39, 0.29) is 22.7 Å². The molecule has 0 bridgehead atoms. The molecule has 4 N–H and O–H groups in total. The Hall–Kier alpha value is -2.18. The van der Waals surface area contributed by atoms with Gasteiger partial charge in [0.25, 0.3) is 0 Å². The normalized spacial score (nSPS) is 11.7. The number of rotatable bonds is 1. The summed E-state index contributed by atoms with van der Waals surface area (Å²) in [6.07, 6.45) is -3.22. The van der Waals surface area contributed by atoms with E-state index in [0.29, 0.717) is 0 Å². The minimum atomic E-state index is -4.47. The molecule has 0 amide bonds. The number of hydrogen-bond donors (Lipinski definition) is 3. The van der Waals surface area contributed by atoms with E-state index in [9.17, 15) is 18.3 Å². The van der Waals surface area contributed by atoms with Crippen LogP contribution in [0.4, 0.5) is 19.0 Å². The van der Waals surface area contributed by atoms with Crippen molar-refractivity contribution in [2.24, 2.45) is 0 Å². The number of aromatic amines is 1. The van der Waals surface area contributed by atoms with E-state index in [2.05, 4.69) is 10.2 Å². The minimum Gasteiger partial charge on any atom is -0.507 e. The fourth-order valence-electron chi connectivity index (χ4n) is 1.44. The standard InChI is InChI=1S/C10H8F3N3O/c11-10(12,13)5-1-2-8(17)6(3-5)7-4-15-16-9(7)14/h1-4,17H,(H3,14,15,16). The second kappa shape index (κ2) is 3.69. The lowest BCUT2D eigenvalue weighted by Gasteiger charge is -2.09. The van der Waals surface area contributed by atoms with Crippen LogP contribution in [0.3, 0.4) is 0 Å². The number of anilines is 1. The number of nitrogen functional groups attached to an aromatic ring is 1. The molecule has 0 radical (unpaired) electrons. The van der Waals surface area contributed by atoms with Gasteiger partial charge in [-0.15, -0.1) is 0 Å². The fraction of sp³-hybridized carbons (Fsp3) is 0.100. The summed E-state index contributed by atoms with van der Waals surface area (Å²) in [7, 11) is 0. The van der Waals surface area contributed by atoms with Crippen LogP contribution in [0, 0.1) is 0 Å². The Morgan fingerprint density at radius 1 is 1.24 bits per heavy atom. The van der Waals surface area contributed by atoms with Crippen molar-refractivity contribution in [3.8, 4) is 16.9 Å². The zero-order valence-corrected chi connectivity index (χ0v) is 8.42. The first-order valence-electron chi connectivity index (χ1n) is 4.59. The molecule has 1 aromatic carbocycles. The molecular formula is C10H8F3N3O. The smallest absolute Gasteiger partial charge is 0.416 e. The SMILES string of the molecule is Nc1[nH]ncc1-c1cc(C(F)(F)F)ccc1O. The van der Waals surface area contributed by atoms with E-state index in [1.165, 1.54) is 6.20 Å². The van der Waals surface area contributed by atoms with Crippen LogP contribution in [-0.4, -0.2) is 15.3 Å². The third kappa shape index (κ3) is 2.03. The molecule has 0 spiro atoms. The van der Waals surface area contributed by atoms with Gasteiger partial charge < -0.3 is 10.8 Å². The summed E-state index contributed by atoms with van der Waals surface area (Å²) >= 11 is 0. The van der Waals surface area contributed by atoms with Crippen molar-refractivity contribution in [2.75, 3.05) is 5.73 Å². The summed E-state index contributed by atoms with van der Waals surface area (Å²) in [6.45, 7) is 0. The zero-order valence-electron chi connectivity index (χ0n) is 8.42. The van der Waals surface area contributed by atoms with Crippen molar-refractivity contribution in [1.82, 2.24) is 10.2 Å². The summed E-state index contributed by atoms with van der Waals surface area (Å²) in [4.78, 5) is 0. The van der Waals surface area contributed by atoms with Crippen molar-refractivity contribution >= 4 is 5.82 Å². The quantitative estimate of drug-likeness (QED) is 0.719. The number of hydrogen-bond acceptors (Lipinski definition) is 3. The molecule has 17 heavy (non-hydrogen) atoms. The first-order valence-corrected chi connectivity index (χ1v) is 4.59. The van der Waals surface area contributed by atoms with Crippen LogP contribution >= 0.6 is 0 Å². The maximum atomic E-state index is 12.5. The summed E-state index contributed by atoms with van der Waals surface area (Å²) in [5.41, 5.74) is 4.86. The van der Waals surface area contributed by atoms with Crippen molar-refractivity contribution in [2.45, 2.75) is 6.18 Å². The number of phenolic OH excluding ortho intramolecular Hbond substituents is 1. The molecular weight excluding hydrogens is 235 g/mol. The predicted molar refractivity (Wildman–Crippen MR) is 55.1 cm³/mol. The lowest BCUT2D eigenvalue weighted by Crippen LogP contribution is -2.04. The second-order valence-electron chi connectivity index (χ2n) is 3.43. The molecule has 1 aromatic heterocycles. The van der Waals surface area contributed by atoms with Gasteiger partial charge in [0, 0.05) is 11.1 Å². The van der Waals surface area contributed by atoms with Gasteiger partial charge in [0.1, 0.15) is 11.6 Å². The van der Waals surface area contributed by atoms with E-state index >= 15 is 0 Å². The topological polar surface area (TPSA) is 74.9 Å². The average molecular weight is 243 g/mol. The van der Waals surface area contributed by atoms with Crippen molar-refractivity contribution in [3.05, 3.63) is 30.0 Å². The number of phenols is 1. The molecule has 0 saturated carbocycles. The van der Waals surface area contributed by atoms with E-state index in [1.807, 2.05) is 0 Å². The molecule has 4 nitrogen and oxygen atoms in total. The molecule has 7 heteroatoms. The highest BCUT2D eigenvalue weighted by atomic mass is 19.4. The highest BCUT2D eigenvalue weighted by molar-refractivity contribution is 5.78. The number of H-pyrrole nitrogens is 1. The maximum absolute atomic E-state index is 12.5. The first-order chi connectivity index (χ1) is 7.89. The van der Waals surface area contributed by atoms with Crippen LogP contribution in [0.15, 0.2) is 24.4 Å². The predicted octanol–water partition coefficient (Wildman–Crippen LogP) is 2.38. The summed E-state index contributed by atoms with van der Waals surface area (Å²) < 4.78 is 37.5. The van der Waals surface area contributed by atoms with Gasteiger partial charge in [0.15, 0.2) is 0 Å². The van der Waals surface area contributed by atoms with Gasteiger partial charge in [-0.1, -0.05) is 0 Å². The molecule has 2 rings (SSSR count). The van der Waals surface area contributed by atoms with Gasteiger partial charge in [0.2, 0.25) is 0 Å². The van der Waals surface area contributed by atoms with E-state index in [0.717, 1.165) is 18.2 Å². The molecule has 0 fully saturated rings. The summed E-state index contributed by atoms with van der Waals surface area (Å²) in [5.74, 6) is -0.189. The van der Waals surface area contributed by atoms with Gasteiger partial charge in [-0.05, 0) is 18.2 Å². The second-order valence-corrected chi connectivity index (χ2v) is 3.43. The number of nitrogens with one attached hydrogen (secondary N) is 1. The number of halogens is 3. The number of aromatic hydroxyl groups is 1. The van der Waals surface area contributed by atoms with E-state index in [4.69, 9.17) is 5.73 Å². The van der Waals surface area contributed by atoms with Crippen LogP contribution in [0.2, 0.25) is 0 Å². The number of nitrogens with zero attached hydrogens (tertiary/aromatic N) is 1. The zero-order chi connectivity index (χ0) is 12.6. The Balaban J connectivity index is 2.58. The largest absolute Gasteiger partial charge is 0.507 e. The third-order valence-corrected chi connectivity index (χ3v) is 2.28. The molecule has 0 atom stereocenters. The number of aromatic nitrogens is 2. The van der Waals surface area contributed by atoms with Gasteiger partial charge >= 0.3 is 6.18 Å². The van der Waals surface area contributed by atoms with Gasteiger partial charge in [-0.3, -0.25) is 5.10 Å². The van der Waals surface area contributed by atoms with E-state index < -0.39 is 11.7 Å². The van der Waals surface area contributed by atoms with Crippen LogP contribution in [-0.2, 0) is 6.18 Å². The van der Waals surface area contributed by atoms with Crippen molar-refractivity contribution in [1.29, 1.82) is 0 Å². The molecule has 0 aliphatic heterocycles. The van der Waals surface area contributed by atoms with Crippen LogP contribution < -0.4 is 5.73 Å². The Morgan fingerprint density at radius 2 is 1.94 bits per heavy atom. The Kier molecular flexibility index (Phi) is 2.45. The van der Waals surface area contributed by atoms with E-state index in [1.54, 1.807) is 0 Å². The number of alkyl halides is 3. The molecule has 90 valence electrons. The monoisotopic (exact) mass is 243 g/mol. The highest BCUT2D eigenvalue weighted by Crippen LogP contribution is 2.37. The Morgan fingerprint density at radius 3 is 2.47 bits per heavy atom. The first kappa shape index (κ1) is 11.3. The van der Waals surface area contributed by atoms with Gasteiger partial charge in [-0.25, -0.2) is 0 Å². The van der Waals surface area contributed by atoms with Crippen molar-refractivity contribution < 1.29 is 18.3 Å². The van der Waals surface area contributed by atoms with Gasteiger partial charge in [-0.2, -0.15) is 18.3 Å². The van der Waals surface area contributed by atoms with Crippen molar-refractivity contribution in [3.63, 3.8) is 0 Å². The molecule has 0 unspecified atom stereocenters. The highest BCUT2D eigenvalue weighted by Gasteiger charge is 2.31. The average Bonchev–Trinajstić information content (AvgIpc) is 2.63. The molecule has 0 aliphatic carbocycles. The minimum absolute atomic E-state index is 0.00826. The molecule has 1 heterocycles. The van der Waals surface area contributed by atoms with Crippen LogP contribution in [0.5, 0.6) is 5.75 Å². The number of benzene rings is 1. The summed E-state index contributed by atoms with van der Waals surface area (Å²) in [5, 5.41) is 15.5. The molecule has 2 aromatic rings. The number of nitrogens with two attached hydrogens (primary N) is 1. The molecule has 0 saturated heterocycles. The maximum Gasteiger partial charge on any atom is 0.416 e. The summed E-state index contributed by atoms with van der Waals surface area (Å²) in [6, 6.07) is 2.61. The third-order valence-electron chi connectivity index (χ3n) is 2.28. The van der Waals surface area contributed by atoms with Gasteiger partial charge in [0.05, 0.1) is 11.8 Å². The lowest BCUT2D eigenvalue weighted by molar-refractivity contribution is -0.137. The van der Waals surface area contributed by atoms with Crippen LogP contribution in [0.25, 0.3) is 11.1 Å². The Bertz CT molecular complexity index is 548. The lowest BCUT2D eigenvalue weighted by atomic mass is 10.0. The molecule has 0 aliphatic rings. The fourth-order valence-corrected chi connectivity index (χ4v) is 1.44.